The molecule has 0 atom stereocenters. The van der Waals surface area contributed by atoms with Gasteiger partial charge >= 0.3 is 23.1 Å². The number of ether oxygens (including phenoxy) is 1. The molecule has 0 fully saturated rings. The van der Waals surface area contributed by atoms with Crippen molar-refractivity contribution in [3.05, 3.63) is 36.8 Å². The fourth-order valence-corrected chi connectivity index (χ4v) is 1.01. The van der Waals surface area contributed by atoms with Crippen molar-refractivity contribution in [3.63, 3.8) is 0 Å². The van der Waals surface area contributed by atoms with Crippen LogP contribution in [0, 0.1) is 6.92 Å². The zero-order valence-corrected chi connectivity index (χ0v) is 10.9. The van der Waals surface area contributed by atoms with Crippen LogP contribution in [0.3, 0.4) is 0 Å². The molecule has 13 heavy (non-hydrogen) atoms. The van der Waals surface area contributed by atoms with Crippen LogP contribution in [0.4, 0.5) is 0 Å². The standard InChI is InChI=1S/C10H13O.BrH.Mg/c1-3-9-7-5-6-8-10(9)11-4-2;;/h5-8H,1,3-4H2,2H3;1H;/q-1;;+2/p-1. The molecule has 1 nitrogen and oxygen atoms in total. The summed E-state index contributed by atoms with van der Waals surface area (Å²) in [6.07, 6.45) is 0.788. The summed E-state index contributed by atoms with van der Waals surface area (Å²) < 4.78 is 5.39. The Morgan fingerprint density at radius 3 is 2.46 bits per heavy atom. The molecule has 0 spiro atoms. The summed E-state index contributed by atoms with van der Waals surface area (Å²) in [5.74, 6) is 0.963. The van der Waals surface area contributed by atoms with Crippen molar-refractivity contribution in [2.24, 2.45) is 0 Å². The van der Waals surface area contributed by atoms with Crippen LogP contribution in [0.5, 0.6) is 5.75 Å². The average molecular weight is 253 g/mol. The smallest absolute Gasteiger partial charge is 1.00 e. The minimum Gasteiger partial charge on any atom is -1.00 e. The van der Waals surface area contributed by atoms with E-state index in [1.165, 1.54) is 5.56 Å². The molecule has 0 aliphatic heterocycles. The fraction of sp³-hybridized carbons (Fsp3) is 0.300. The topological polar surface area (TPSA) is 9.23 Å². The summed E-state index contributed by atoms with van der Waals surface area (Å²) >= 11 is 0. The van der Waals surface area contributed by atoms with E-state index < -0.39 is 0 Å². The molecule has 0 unspecified atom stereocenters. The molecule has 0 aromatic heterocycles. The van der Waals surface area contributed by atoms with Gasteiger partial charge in [-0.15, -0.1) is 0 Å². The summed E-state index contributed by atoms with van der Waals surface area (Å²) in [5.41, 5.74) is 1.18. The Morgan fingerprint density at radius 1 is 1.31 bits per heavy atom. The second kappa shape index (κ2) is 8.85. The summed E-state index contributed by atoms with van der Waals surface area (Å²) in [6.45, 7) is 6.52. The van der Waals surface area contributed by atoms with Gasteiger partial charge in [0.15, 0.2) is 0 Å². The SMILES string of the molecule is [Br-].[CH2-]Cc1ccccc1OCC.[Mg+2]. The Labute approximate surface area is 107 Å². The molecule has 0 aliphatic carbocycles. The van der Waals surface area contributed by atoms with E-state index in [9.17, 15) is 0 Å². The van der Waals surface area contributed by atoms with E-state index in [0.29, 0.717) is 0 Å². The molecule has 3 heteroatoms. The molecule has 68 valence electrons. The molecule has 0 amide bonds. The maximum absolute atomic E-state index is 5.39. The van der Waals surface area contributed by atoms with Crippen LogP contribution in [0.2, 0.25) is 0 Å². The maximum atomic E-state index is 5.39. The third kappa shape index (κ3) is 4.89. The van der Waals surface area contributed by atoms with Crippen molar-refractivity contribution >= 4 is 23.1 Å². The molecule has 0 N–H and O–H groups in total. The van der Waals surface area contributed by atoms with Crippen molar-refractivity contribution in [1.29, 1.82) is 0 Å². The first-order valence-corrected chi connectivity index (χ1v) is 3.88. The quantitative estimate of drug-likeness (QED) is 0.500. The molecule has 0 radical (unpaired) electrons. The van der Waals surface area contributed by atoms with Gasteiger partial charge in [0.1, 0.15) is 5.75 Å². The number of hydrogen-bond donors (Lipinski definition) is 0. The molecule has 0 heterocycles. The first kappa shape index (κ1) is 15.7. The molecule has 1 rings (SSSR count). The van der Waals surface area contributed by atoms with Crippen molar-refractivity contribution < 1.29 is 21.7 Å². The first-order chi connectivity index (χ1) is 5.38. The van der Waals surface area contributed by atoms with Crippen LogP contribution in [0.25, 0.3) is 0 Å². The average Bonchev–Trinajstić information content (AvgIpc) is 2.06. The van der Waals surface area contributed by atoms with E-state index in [2.05, 4.69) is 6.92 Å². The van der Waals surface area contributed by atoms with Gasteiger partial charge in [0, 0.05) is 0 Å². The van der Waals surface area contributed by atoms with Crippen LogP contribution >= 0.6 is 0 Å². The van der Waals surface area contributed by atoms with Gasteiger partial charge < -0.3 is 28.6 Å². The monoisotopic (exact) mass is 252 g/mol. The van der Waals surface area contributed by atoms with Crippen molar-refractivity contribution in [1.82, 2.24) is 0 Å². The molecule has 1 aromatic carbocycles. The van der Waals surface area contributed by atoms with Crippen LogP contribution in [0.1, 0.15) is 12.5 Å². The summed E-state index contributed by atoms with van der Waals surface area (Å²) in [6, 6.07) is 8.00. The first-order valence-electron chi connectivity index (χ1n) is 3.88. The molecule has 1 aromatic rings. The van der Waals surface area contributed by atoms with Crippen LogP contribution in [-0.2, 0) is 6.42 Å². The molecular weight excluding hydrogens is 240 g/mol. The Bertz CT molecular complexity index is 228. The fourth-order valence-electron chi connectivity index (χ4n) is 1.01. The van der Waals surface area contributed by atoms with E-state index in [-0.39, 0.29) is 40.0 Å². The largest absolute Gasteiger partial charge is 2.00 e. The van der Waals surface area contributed by atoms with E-state index in [4.69, 9.17) is 4.74 Å². The Kier molecular flexibility index (Phi) is 10.7. The van der Waals surface area contributed by atoms with E-state index in [0.717, 1.165) is 18.8 Å². The van der Waals surface area contributed by atoms with Gasteiger partial charge in [-0.1, -0.05) is 18.2 Å². The minimum atomic E-state index is 0. The van der Waals surface area contributed by atoms with Gasteiger partial charge in [-0.3, -0.25) is 0 Å². The maximum Gasteiger partial charge on any atom is 2.00 e. The molecule has 0 bridgehead atoms. The predicted molar refractivity (Wildman–Crippen MR) is 52.4 cm³/mol. The normalized spacial score (nSPS) is 8.15. The van der Waals surface area contributed by atoms with Crippen LogP contribution in [0.15, 0.2) is 24.3 Å². The van der Waals surface area contributed by atoms with Crippen LogP contribution < -0.4 is 21.7 Å². The second-order valence-corrected chi connectivity index (χ2v) is 2.29. The zero-order chi connectivity index (χ0) is 8.10. The third-order valence-electron chi connectivity index (χ3n) is 1.54. The summed E-state index contributed by atoms with van der Waals surface area (Å²) in [4.78, 5) is 0. The molecule has 0 aliphatic rings. The minimum absolute atomic E-state index is 0. The van der Waals surface area contributed by atoms with Crippen molar-refractivity contribution in [3.8, 4) is 5.75 Å². The predicted octanol–water partition coefficient (Wildman–Crippen LogP) is -0.915. The van der Waals surface area contributed by atoms with Gasteiger partial charge in [-0.25, -0.2) is 0 Å². The number of benzene rings is 1. The van der Waals surface area contributed by atoms with E-state index >= 15 is 0 Å². The zero-order valence-electron chi connectivity index (χ0n) is 7.92. The Morgan fingerprint density at radius 2 is 1.92 bits per heavy atom. The van der Waals surface area contributed by atoms with E-state index in [1.54, 1.807) is 0 Å². The van der Waals surface area contributed by atoms with Gasteiger partial charge in [0.25, 0.3) is 0 Å². The van der Waals surface area contributed by atoms with Crippen molar-refractivity contribution in [2.75, 3.05) is 6.61 Å². The Balaban J connectivity index is 0. The van der Waals surface area contributed by atoms with Crippen LogP contribution in [-0.4, -0.2) is 29.7 Å². The van der Waals surface area contributed by atoms with E-state index in [1.807, 2.05) is 31.2 Å². The Hall–Kier alpha value is 0.266. The van der Waals surface area contributed by atoms with Gasteiger partial charge in [0.05, 0.1) is 6.61 Å². The summed E-state index contributed by atoms with van der Waals surface area (Å²) in [7, 11) is 0. The number of hydrogen-bond acceptors (Lipinski definition) is 1. The van der Waals surface area contributed by atoms with Crippen molar-refractivity contribution in [2.45, 2.75) is 13.3 Å². The summed E-state index contributed by atoms with van der Waals surface area (Å²) in [5, 5.41) is 0. The number of rotatable bonds is 3. The number of halogens is 1. The van der Waals surface area contributed by atoms with Gasteiger partial charge in [-0.2, -0.15) is 6.42 Å². The third-order valence-corrected chi connectivity index (χ3v) is 1.54. The molecule has 0 saturated heterocycles. The number of para-hydroxylation sites is 1. The van der Waals surface area contributed by atoms with Gasteiger partial charge in [-0.05, 0) is 18.6 Å². The molecule has 0 saturated carbocycles. The molecular formula is C10H13BrMgO. The second-order valence-electron chi connectivity index (χ2n) is 2.29. The van der Waals surface area contributed by atoms with Gasteiger partial charge in [0.2, 0.25) is 0 Å².